The third-order valence-corrected chi connectivity index (χ3v) is 9.40. The first kappa shape index (κ1) is 32.9. The number of ether oxygens (including phenoxy) is 2. The maximum absolute atomic E-state index is 14.1. The number of nitrogens with zero attached hydrogens (tertiary/aromatic N) is 2. The molecule has 4 unspecified atom stereocenters. The number of halogens is 2. The van der Waals surface area contributed by atoms with Crippen LogP contribution in [0, 0.1) is 5.82 Å². The second kappa shape index (κ2) is 13.6. The Bertz CT molecular complexity index is 1730. The molecule has 2 bridgehead atoms. The molecule has 3 aromatic carbocycles. The van der Waals surface area contributed by atoms with Crippen LogP contribution in [0.25, 0.3) is 10.9 Å². The van der Waals surface area contributed by atoms with Crippen LogP contribution in [0.5, 0.6) is 5.75 Å². The van der Waals surface area contributed by atoms with Crippen LogP contribution in [0.3, 0.4) is 0 Å². The number of hydrogen-bond donors (Lipinski definition) is 1. The lowest BCUT2D eigenvalue weighted by Crippen LogP contribution is -2.55. The number of fused-ring (bicyclic) bond motifs is 3. The summed E-state index contributed by atoms with van der Waals surface area (Å²) in [4.78, 5) is 33.5. The van der Waals surface area contributed by atoms with Crippen molar-refractivity contribution in [1.29, 1.82) is 0 Å². The van der Waals surface area contributed by atoms with Crippen molar-refractivity contribution in [2.24, 2.45) is 0 Å². The Morgan fingerprint density at radius 2 is 1.68 bits per heavy atom. The van der Waals surface area contributed by atoms with Crippen molar-refractivity contribution >= 4 is 40.1 Å². The molecule has 0 saturated carbocycles. The summed E-state index contributed by atoms with van der Waals surface area (Å²) in [6, 6.07) is 21.3. The normalized spacial score (nSPS) is 20.9. The highest BCUT2D eigenvalue weighted by atomic mass is 35.5. The van der Waals surface area contributed by atoms with E-state index in [0.29, 0.717) is 33.8 Å². The Morgan fingerprint density at radius 3 is 2.34 bits per heavy atom. The van der Waals surface area contributed by atoms with E-state index in [1.807, 2.05) is 52.0 Å². The van der Waals surface area contributed by atoms with Gasteiger partial charge in [0, 0.05) is 34.4 Å². The summed E-state index contributed by atoms with van der Waals surface area (Å²) < 4.78 is 26.2. The highest BCUT2D eigenvalue weighted by molar-refractivity contribution is 6.30. The number of anilines is 1. The van der Waals surface area contributed by atoms with E-state index in [-0.39, 0.29) is 35.9 Å². The molecule has 1 amide bonds. The fourth-order valence-electron chi connectivity index (χ4n) is 6.93. The lowest BCUT2D eigenvalue weighted by atomic mass is 9.93. The van der Waals surface area contributed by atoms with Gasteiger partial charge in [0.1, 0.15) is 23.3 Å². The Morgan fingerprint density at radius 1 is 1.00 bits per heavy atom. The van der Waals surface area contributed by atoms with Gasteiger partial charge in [0.25, 0.3) is 0 Å². The van der Waals surface area contributed by atoms with E-state index < -0.39 is 17.6 Å². The Balaban J connectivity index is 1.21. The van der Waals surface area contributed by atoms with Gasteiger partial charge in [-0.15, -0.1) is 0 Å². The number of piperidine rings is 1. The Kier molecular flexibility index (Phi) is 9.53. The highest BCUT2D eigenvalue weighted by Gasteiger charge is 2.46. The molecule has 246 valence electrons. The average Bonchev–Trinajstić information content (AvgIpc) is 3.29. The van der Waals surface area contributed by atoms with Gasteiger partial charge in [0.05, 0.1) is 17.5 Å². The monoisotopic (exact) mass is 657 g/mol. The molecule has 7 nitrogen and oxygen atoms in total. The summed E-state index contributed by atoms with van der Waals surface area (Å²) in [6.07, 6.45) is 5.58. The van der Waals surface area contributed by atoms with E-state index in [4.69, 9.17) is 21.1 Å². The molecular weight excluding hydrogens is 617 g/mol. The number of nitrogens with one attached hydrogen (secondary N) is 1. The quantitative estimate of drug-likeness (QED) is 0.183. The molecule has 1 N–H and O–H groups in total. The molecule has 2 saturated heterocycles. The third kappa shape index (κ3) is 7.77. The van der Waals surface area contributed by atoms with Gasteiger partial charge < -0.3 is 14.8 Å². The summed E-state index contributed by atoms with van der Waals surface area (Å²) in [5.41, 5.74) is 2.69. The zero-order chi connectivity index (χ0) is 33.3. The summed E-state index contributed by atoms with van der Waals surface area (Å²) >= 11 is 6.10. The molecular formula is C38H41ClFN3O4. The summed E-state index contributed by atoms with van der Waals surface area (Å²) in [6.45, 7) is 7.43. The first-order valence-electron chi connectivity index (χ1n) is 16.3. The van der Waals surface area contributed by atoms with E-state index in [1.165, 1.54) is 12.1 Å². The fraction of sp³-hybridized carbons (Fsp3) is 0.395. The molecule has 6 rings (SSSR count). The minimum Gasteiger partial charge on any atom is -0.490 e. The molecule has 9 heteroatoms. The first-order chi connectivity index (χ1) is 22.4. The van der Waals surface area contributed by atoms with E-state index in [2.05, 4.69) is 15.2 Å². The number of aromatic nitrogens is 1. The maximum atomic E-state index is 14.1. The van der Waals surface area contributed by atoms with Crippen LogP contribution in [0.2, 0.25) is 5.02 Å². The lowest BCUT2D eigenvalue weighted by molar-refractivity contribution is -0.156. The van der Waals surface area contributed by atoms with E-state index in [9.17, 15) is 14.0 Å². The second-order valence-corrected chi connectivity index (χ2v) is 14.2. The van der Waals surface area contributed by atoms with Crippen molar-refractivity contribution in [1.82, 2.24) is 9.88 Å². The molecule has 2 fully saturated rings. The van der Waals surface area contributed by atoms with Crippen LogP contribution < -0.4 is 10.1 Å². The number of amides is 1. The van der Waals surface area contributed by atoms with E-state index >= 15 is 0 Å². The number of rotatable bonds is 9. The molecule has 0 radical (unpaired) electrons. The van der Waals surface area contributed by atoms with Crippen molar-refractivity contribution in [2.45, 2.75) is 95.5 Å². The molecule has 2 aliphatic rings. The van der Waals surface area contributed by atoms with E-state index in [0.717, 1.165) is 36.8 Å². The SMILES string of the molecule is CC(C(=O)OC(C)(C)C)c1ccc(CC(C(=O)Nc2ccc(Cl)cc2)N2C3CCC2CC(Oc2ccnc4ccc(F)cc24)C3)cc1. The van der Waals surface area contributed by atoms with Crippen molar-refractivity contribution in [3.63, 3.8) is 0 Å². The van der Waals surface area contributed by atoms with Crippen LogP contribution in [0.1, 0.15) is 70.4 Å². The number of esters is 1. The molecule has 4 atom stereocenters. The van der Waals surface area contributed by atoms with Crippen molar-refractivity contribution < 1.29 is 23.5 Å². The van der Waals surface area contributed by atoms with E-state index in [1.54, 1.807) is 42.6 Å². The highest BCUT2D eigenvalue weighted by Crippen LogP contribution is 2.40. The molecule has 3 heterocycles. The molecule has 0 spiro atoms. The summed E-state index contributed by atoms with van der Waals surface area (Å²) in [7, 11) is 0. The van der Waals surface area contributed by atoms with Gasteiger partial charge in [-0.25, -0.2) is 4.39 Å². The number of hydrogen-bond acceptors (Lipinski definition) is 6. The minimum absolute atomic E-state index is 0.0637. The van der Waals surface area contributed by atoms with Gasteiger partial charge in [-0.1, -0.05) is 35.9 Å². The lowest BCUT2D eigenvalue weighted by Gasteiger charge is -2.43. The third-order valence-electron chi connectivity index (χ3n) is 9.15. The largest absolute Gasteiger partial charge is 0.490 e. The summed E-state index contributed by atoms with van der Waals surface area (Å²) in [5.74, 6) is -0.448. The van der Waals surface area contributed by atoms with Gasteiger partial charge in [-0.3, -0.25) is 19.5 Å². The Labute approximate surface area is 280 Å². The van der Waals surface area contributed by atoms with Crippen LogP contribution in [-0.2, 0) is 20.7 Å². The predicted molar refractivity (Wildman–Crippen MR) is 182 cm³/mol. The van der Waals surface area contributed by atoms with Crippen molar-refractivity contribution in [3.05, 3.63) is 101 Å². The van der Waals surface area contributed by atoms with Crippen LogP contribution >= 0.6 is 11.6 Å². The number of carbonyl (C=O) groups excluding carboxylic acids is 2. The van der Waals surface area contributed by atoms with Gasteiger partial charge in [0.15, 0.2) is 0 Å². The second-order valence-electron chi connectivity index (χ2n) is 13.7. The number of benzene rings is 3. The van der Waals surface area contributed by atoms with Crippen LogP contribution in [0.4, 0.5) is 10.1 Å². The predicted octanol–water partition coefficient (Wildman–Crippen LogP) is 8.10. The van der Waals surface area contributed by atoms with Crippen LogP contribution in [-0.4, -0.2) is 51.6 Å². The van der Waals surface area contributed by atoms with Gasteiger partial charge in [-0.05, 0) is 119 Å². The first-order valence-corrected chi connectivity index (χ1v) is 16.7. The molecule has 4 aromatic rings. The minimum atomic E-state index is -0.558. The fourth-order valence-corrected chi connectivity index (χ4v) is 7.05. The van der Waals surface area contributed by atoms with Crippen molar-refractivity contribution in [2.75, 3.05) is 5.32 Å². The number of carbonyl (C=O) groups is 2. The van der Waals surface area contributed by atoms with Gasteiger partial charge >= 0.3 is 5.97 Å². The smallest absolute Gasteiger partial charge is 0.313 e. The average molecular weight is 658 g/mol. The zero-order valence-electron chi connectivity index (χ0n) is 27.2. The molecule has 0 aliphatic carbocycles. The van der Waals surface area contributed by atoms with Gasteiger partial charge in [0.2, 0.25) is 5.91 Å². The molecule has 2 aliphatic heterocycles. The standard InChI is InChI=1S/C38H41ClFN3O4/c1-23(37(45)47-38(2,3)4)25-7-5-24(6-8-25)19-34(36(44)42-28-12-9-26(39)10-13-28)43-29-14-15-30(43)22-31(21-29)46-35-17-18-41-33-16-11-27(40)20-32(33)35/h5-13,16-18,20,23,29-31,34H,14-15,19,21-22H2,1-4H3,(H,42,44). The van der Waals surface area contributed by atoms with Gasteiger partial charge in [-0.2, -0.15) is 0 Å². The summed E-state index contributed by atoms with van der Waals surface area (Å²) in [5, 5.41) is 4.39. The topological polar surface area (TPSA) is 80.8 Å². The van der Waals surface area contributed by atoms with Crippen LogP contribution in [0.15, 0.2) is 79.0 Å². The van der Waals surface area contributed by atoms with Crippen molar-refractivity contribution in [3.8, 4) is 5.75 Å². The molecule has 47 heavy (non-hydrogen) atoms. The number of pyridine rings is 1. The Hall–Kier alpha value is -4.01. The maximum Gasteiger partial charge on any atom is 0.313 e. The zero-order valence-corrected chi connectivity index (χ0v) is 28.0. The molecule has 1 aromatic heterocycles.